The molecule has 1 saturated carbocycles. The molecule has 2 heterocycles. The summed E-state index contributed by atoms with van der Waals surface area (Å²) in [6.45, 7) is 8.56. The molecule has 144 valence electrons. The largest absolute Gasteiger partial charge is 0.356 e. The van der Waals surface area contributed by atoms with E-state index in [0.717, 1.165) is 50.9 Å². The van der Waals surface area contributed by atoms with Crippen molar-refractivity contribution in [3.05, 3.63) is 0 Å². The van der Waals surface area contributed by atoms with E-state index in [0.29, 0.717) is 11.8 Å². The second-order valence-electron chi connectivity index (χ2n) is 8.85. The molecule has 3 fully saturated rings. The molecule has 6 heteroatoms. The van der Waals surface area contributed by atoms with Crippen LogP contribution in [0.15, 0.2) is 4.99 Å². The molecule has 1 aliphatic carbocycles. The van der Waals surface area contributed by atoms with Gasteiger partial charge in [-0.3, -0.25) is 9.79 Å². The van der Waals surface area contributed by atoms with Gasteiger partial charge in [-0.25, -0.2) is 0 Å². The SMILES string of the molecule is CN=C(NCC(C)(C)C1CCCC1)N1CCCC2(CNC(=O)C2)C1.I. The van der Waals surface area contributed by atoms with E-state index in [9.17, 15) is 4.79 Å². The summed E-state index contributed by atoms with van der Waals surface area (Å²) in [5.74, 6) is 2.05. The molecule has 2 saturated heterocycles. The van der Waals surface area contributed by atoms with Crippen molar-refractivity contribution in [3.63, 3.8) is 0 Å². The summed E-state index contributed by atoms with van der Waals surface area (Å²) in [7, 11) is 1.88. The second kappa shape index (κ2) is 8.44. The molecule has 25 heavy (non-hydrogen) atoms. The second-order valence-corrected chi connectivity index (χ2v) is 8.85. The maximum Gasteiger partial charge on any atom is 0.220 e. The van der Waals surface area contributed by atoms with Crippen molar-refractivity contribution in [2.45, 2.75) is 58.8 Å². The monoisotopic (exact) mass is 462 g/mol. The molecule has 1 atom stereocenters. The van der Waals surface area contributed by atoms with Gasteiger partial charge in [0, 0.05) is 45.1 Å². The van der Waals surface area contributed by atoms with Crippen LogP contribution in [0.2, 0.25) is 0 Å². The van der Waals surface area contributed by atoms with Crippen LogP contribution in [0.3, 0.4) is 0 Å². The van der Waals surface area contributed by atoms with Crippen LogP contribution in [0.25, 0.3) is 0 Å². The summed E-state index contributed by atoms with van der Waals surface area (Å²) in [6, 6.07) is 0. The van der Waals surface area contributed by atoms with Gasteiger partial charge >= 0.3 is 0 Å². The van der Waals surface area contributed by atoms with Crippen molar-refractivity contribution in [2.24, 2.45) is 21.7 Å². The smallest absolute Gasteiger partial charge is 0.220 e. The molecular formula is C19H35IN4O. The first-order valence-electron chi connectivity index (χ1n) is 9.66. The maximum atomic E-state index is 11.7. The minimum atomic E-state index is 0. The molecule has 1 unspecified atom stereocenters. The lowest BCUT2D eigenvalue weighted by atomic mass is 9.77. The lowest BCUT2D eigenvalue weighted by Crippen LogP contribution is -2.53. The number of rotatable bonds is 3. The molecule has 3 aliphatic rings. The topological polar surface area (TPSA) is 56.7 Å². The average Bonchev–Trinajstić information content (AvgIpc) is 3.19. The molecule has 0 radical (unpaired) electrons. The van der Waals surface area contributed by atoms with Crippen molar-refractivity contribution in [3.8, 4) is 0 Å². The van der Waals surface area contributed by atoms with Gasteiger partial charge in [-0.15, -0.1) is 24.0 Å². The molecule has 0 aromatic carbocycles. The number of aliphatic imine (C=N–C) groups is 1. The number of likely N-dealkylation sites (tertiary alicyclic amines) is 1. The zero-order valence-electron chi connectivity index (χ0n) is 16.1. The molecule has 3 rings (SSSR count). The third-order valence-electron chi connectivity index (χ3n) is 6.53. The van der Waals surface area contributed by atoms with E-state index in [1.165, 1.54) is 25.7 Å². The third-order valence-corrected chi connectivity index (χ3v) is 6.53. The fourth-order valence-corrected chi connectivity index (χ4v) is 4.92. The first-order valence-corrected chi connectivity index (χ1v) is 9.66. The summed E-state index contributed by atoms with van der Waals surface area (Å²) >= 11 is 0. The van der Waals surface area contributed by atoms with Gasteiger partial charge in [0.25, 0.3) is 0 Å². The predicted molar refractivity (Wildman–Crippen MR) is 113 cm³/mol. The molecule has 0 aromatic heterocycles. The first kappa shape index (κ1) is 20.8. The number of halogens is 1. The van der Waals surface area contributed by atoms with Gasteiger partial charge in [0.15, 0.2) is 5.96 Å². The number of hydrogen-bond donors (Lipinski definition) is 2. The van der Waals surface area contributed by atoms with E-state index in [1.807, 2.05) is 7.05 Å². The molecule has 0 aromatic rings. The Kier molecular flexibility index (Phi) is 7.01. The summed E-state index contributed by atoms with van der Waals surface area (Å²) in [6.07, 6.45) is 8.47. The fraction of sp³-hybridized carbons (Fsp3) is 0.895. The predicted octanol–water partition coefficient (Wildman–Crippen LogP) is 3.00. The molecule has 2 N–H and O–H groups in total. The quantitative estimate of drug-likeness (QED) is 0.385. The van der Waals surface area contributed by atoms with Crippen molar-refractivity contribution in [1.29, 1.82) is 0 Å². The number of amides is 1. The first-order chi connectivity index (χ1) is 11.4. The summed E-state index contributed by atoms with van der Waals surface area (Å²) in [5.41, 5.74) is 0.429. The number of nitrogens with zero attached hydrogens (tertiary/aromatic N) is 2. The molecule has 0 bridgehead atoms. The molecule has 2 aliphatic heterocycles. The zero-order valence-corrected chi connectivity index (χ0v) is 18.4. The highest BCUT2D eigenvalue weighted by atomic mass is 127. The van der Waals surface area contributed by atoms with Gasteiger partial charge in [0.1, 0.15) is 0 Å². The Morgan fingerprint density at radius 3 is 2.68 bits per heavy atom. The van der Waals surface area contributed by atoms with Crippen LogP contribution in [-0.2, 0) is 4.79 Å². The fourth-order valence-electron chi connectivity index (χ4n) is 4.92. The van der Waals surface area contributed by atoms with Crippen LogP contribution in [0.1, 0.15) is 58.8 Å². The molecular weight excluding hydrogens is 427 g/mol. The Bertz CT molecular complexity index is 502. The number of nitrogens with one attached hydrogen (secondary N) is 2. The number of carbonyl (C=O) groups excluding carboxylic acids is 1. The Morgan fingerprint density at radius 2 is 2.08 bits per heavy atom. The van der Waals surface area contributed by atoms with Crippen LogP contribution >= 0.6 is 24.0 Å². The van der Waals surface area contributed by atoms with Crippen molar-refractivity contribution >= 4 is 35.8 Å². The lowest BCUT2D eigenvalue weighted by Gasteiger charge is -2.41. The van der Waals surface area contributed by atoms with E-state index in [4.69, 9.17) is 0 Å². The average molecular weight is 462 g/mol. The number of carbonyl (C=O) groups is 1. The Balaban J connectivity index is 0.00000225. The van der Waals surface area contributed by atoms with Gasteiger partial charge in [0.2, 0.25) is 5.91 Å². The van der Waals surface area contributed by atoms with Gasteiger partial charge in [0.05, 0.1) is 0 Å². The van der Waals surface area contributed by atoms with Crippen molar-refractivity contribution < 1.29 is 4.79 Å². The van der Waals surface area contributed by atoms with E-state index in [1.54, 1.807) is 0 Å². The third kappa shape index (κ3) is 4.80. The van der Waals surface area contributed by atoms with Crippen LogP contribution in [0.4, 0.5) is 0 Å². The molecule has 5 nitrogen and oxygen atoms in total. The summed E-state index contributed by atoms with van der Waals surface area (Å²) in [5, 5.41) is 6.67. The summed E-state index contributed by atoms with van der Waals surface area (Å²) < 4.78 is 0. The van der Waals surface area contributed by atoms with Crippen molar-refractivity contribution in [2.75, 3.05) is 33.2 Å². The molecule has 1 amide bonds. The normalized spacial score (nSPS) is 28.2. The van der Waals surface area contributed by atoms with Gasteiger partial charge in [-0.1, -0.05) is 26.7 Å². The van der Waals surface area contributed by atoms with Crippen LogP contribution in [0.5, 0.6) is 0 Å². The Labute approximate surface area is 169 Å². The zero-order chi connectivity index (χ0) is 17.2. The maximum absolute atomic E-state index is 11.7. The number of guanidine groups is 1. The number of piperidine rings is 1. The van der Waals surface area contributed by atoms with Crippen LogP contribution in [0, 0.1) is 16.7 Å². The van der Waals surface area contributed by atoms with Gasteiger partial charge in [-0.2, -0.15) is 0 Å². The highest BCUT2D eigenvalue weighted by Gasteiger charge is 2.42. The standard InChI is InChI=1S/C19H34N4O.HI/c1-18(2,15-7-4-5-8-15)12-22-17(20-3)23-10-6-9-19(14-23)11-16(24)21-13-19;/h15H,4-14H2,1-3H3,(H,20,22)(H,21,24);1H. The highest BCUT2D eigenvalue weighted by molar-refractivity contribution is 14.0. The van der Waals surface area contributed by atoms with E-state index < -0.39 is 0 Å². The van der Waals surface area contributed by atoms with Gasteiger partial charge in [-0.05, 0) is 37.0 Å². The van der Waals surface area contributed by atoms with Gasteiger partial charge < -0.3 is 15.5 Å². The highest BCUT2D eigenvalue weighted by Crippen LogP contribution is 2.39. The van der Waals surface area contributed by atoms with E-state index in [-0.39, 0.29) is 35.3 Å². The van der Waals surface area contributed by atoms with E-state index >= 15 is 0 Å². The minimum absolute atomic E-state index is 0. The summed E-state index contributed by atoms with van der Waals surface area (Å²) in [4.78, 5) is 18.6. The number of hydrogen-bond acceptors (Lipinski definition) is 2. The van der Waals surface area contributed by atoms with Crippen LogP contribution < -0.4 is 10.6 Å². The molecule has 1 spiro atoms. The van der Waals surface area contributed by atoms with Crippen LogP contribution in [-0.4, -0.2) is 50.0 Å². The van der Waals surface area contributed by atoms with E-state index in [2.05, 4.69) is 34.4 Å². The Hall–Kier alpha value is -0.530. The van der Waals surface area contributed by atoms with Crippen molar-refractivity contribution in [1.82, 2.24) is 15.5 Å². The minimum Gasteiger partial charge on any atom is -0.356 e. The Morgan fingerprint density at radius 1 is 1.36 bits per heavy atom. The lowest BCUT2D eigenvalue weighted by molar-refractivity contribution is -0.119.